The number of alkyl halides is 1. The normalized spacial score (nSPS) is 13.5. The summed E-state index contributed by atoms with van der Waals surface area (Å²) >= 11 is 3.38. The Kier molecular flexibility index (Phi) is 5.15. The van der Waals surface area contributed by atoms with E-state index >= 15 is 0 Å². The maximum atomic E-state index is 12.4. The fraction of sp³-hybridized carbons (Fsp3) is 0.235. The molecule has 0 aromatic heterocycles. The summed E-state index contributed by atoms with van der Waals surface area (Å²) in [6.45, 7) is 1.65. The smallest absolute Gasteiger partial charge is 0.252 e. The summed E-state index contributed by atoms with van der Waals surface area (Å²) < 4.78 is 0. The van der Waals surface area contributed by atoms with Crippen LogP contribution >= 0.6 is 15.9 Å². The Morgan fingerprint density at radius 3 is 2.29 bits per heavy atom. The second-order valence-corrected chi connectivity index (χ2v) is 5.70. The van der Waals surface area contributed by atoms with E-state index in [4.69, 9.17) is 0 Å². The highest BCUT2D eigenvalue weighted by atomic mass is 79.9. The van der Waals surface area contributed by atoms with Crippen LogP contribution in [0.2, 0.25) is 0 Å². The van der Waals surface area contributed by atoms with Crippen LogP contribution in [0.4, 0.5) is 0 Å². The molecule has 0 aliphatic carbocycles. The molecule has 0 fully saturated rings. The van der Waals surface area contributed by atoms with Crippen molar-refractivity contribution in [1.82, 2.24) is 5.32 Å². The molecule has 2 aromatic rings. The summed E-state index contributed by atoms with van der Waals surface area (Å²) in [6, 6.07) is 16.9. The number of carbonyl (C=O) groups is 1. The minimum Gasteiger partial charge on any atom is -0.394 e. The first-order valence-corrected chi connectivity index (χ1v) is 7.85. The van der Waals surface area contributed by atoms with E-state index in [0.717, 1.165) is 16.5 Å². The Bertz CT molecular complexity index is 598. The number of hydrogen-bond donors (Lipinski definition) is 2. The molecular formula is C17H18BrNO2. The van der Waals surface area contributed by atoms with Crippen molar-refractivity contribution in [3.05, 3.63) is 71.3 Å². The molecule has 2 N–H and O–H groups in total. The number of hydrogen-bond acceptors (Lipinski definition) is 2. The van der Waals surface area contributed by atoms with Crippen LogP contribution in [0.1, 0.15) is 28.4 Å². The standard InChI is InChI=1S/C17H18BrNO2/c1-17(12-20,15-5-3-2-4-6-15)19-16(21)14-9-7-13(11-18)8-10-14/h2-10,20H,11-12H2,1H3,(H,19,21). The first-order chi connectivity index (χ1) is 10.1. The SMILES string of the molecule is CC(CO)(NC(=O)c1ccc(CBr)cc1)c1ccccc1. The maximum absolute atomic E-state index is 12.4. The molecule has 0 spiro atoms. The molecule has 2 aromatic carbocycles. The van der Waals surface area contributed by atoms with Gasteiger partial charge in [0, 0.05) is 10.9 Å². The zero-order valence-corrected chi connectivity index (χ0v) is 13.4. The highest BCUT2D eigenvalue weighted by molar-refractivity contribution is 9.08. The summed E-state index contributed by atoms with van der Waals surface area (Å²) in [6.07, 6.45) is 0. The molecule has 21 heavy (non-hydrogen) atoms. The van der Waals surface area contributed by atoms with Crippen LogP contribution in [0.5, 0.6) is 0 Å². The van der Waals surface area contributed by atoms with E-state index in [1.54, 1.807) is 12.1 Å². The van der Waals surface area contributed by atoms with Crippen molar-refractivity contribution >= 4 is 21.8 Å². The molecule has 2 rings (SSSR count). The van der Waals surface area contributed by atoms with E-state index in [-0.39, 0.29) is 12.5 Å². The van der Waals surface area contributed by atoms with Gasteiger partial charge in [0.1, 0.15) is 0 Å². The van der Waals surface area contributed by atoms with Crippen LogP contribution < -0.4 is 5.32 Å². The van der Waals surface area contributed by atoms with Crippen molar-refractivity contribution in [3.8, 4) is 0 Å². The van der Waals surface area contributed by atoms with Crippen LogP contribution in [0.25, 0.3) is 0 Å². The lowest BCUT2D eigenvalue weighted by atomic mass is 9.92. The number of aliphatic hydroxyl groups excluding tert-OH is 1. The molecule has 0 saturated heterocycles. The maximum Gasteiger partial charge on any atom is 0.252 e. The molecule has 1 unspecified atom stereocenters. The minimum absolute atomic E-state index is 0.164. The quantitative estimate of drug-likeness (QED) is 0.816. The van der Waals surface area contributed by atoms with Crippen molar-refractivity contribution in [1.29, 1.82) is 0 Å². The predicted octanol–water partition coefficient (Wildman–Crippen LogP) is 3.22. The van der Waals surface area contributed by atoms with Gasteiger partial charge in [0.05, 0.1) is 12.1 Å². The van der Waals surface area contributed by atoms with Gasteiger partial charge in [-0.25, -0.2) is 0 Å². The molecule has 0 saturated carbocycles. The highest BCUT2D eigenvalue weighted by Crippen LogP contribution is 2.20. The van der Waals surface area contributed by atoms with E-state index in [9.17, 15) is 9.90 Å². The van der Waals surface area contributed by atoms with Crippen molar-refractivity contribution in [3.63, 3.8) is 0 Å². The van der Waals surface area contributed by atoms with Crippen LogP contribution in [0.15, 0.2) is 54.6 Å². The van der Waals surface area contributed by atoms with Gasteiger partial charge >= 0.3 is 0 Å². The van der Waals surface area contributed by atoms with Gasteiger partial charge in [-0.2, -0.15) is 0 Å². The molecular weight excluding hydrogens is 330 g/mol. The molecule has 0 heterocycles. The second-order valence-electron chi connectivity index (χ2n) is 5.14. The Morgan fingerprint density at radius 2 is 1.76 bits per heavy atom. The Balaban J connectivity index is 2.19. The fourth-order valence-electron chi connectivity index (χ4n) is 2.08. The summed E-state index contributed by atoms with van der Waals surface area (Å²) in [5.41, 5.74) is 1.76. The molecule has 1 atom stereocenters. The Hall–Kier alpha value is -1.65. The average Bonchev–Trinajstić information content (AvgIpc) is 2.55. The third-order valence-corrected chi connectivity index (χ3v) is 4.13. The number of benzene rings is 2. The fourth-order valence-corrected chi connectivity index (χ4v) is 2.45. The van der Waals surface area contributed by atoms with Crippen LogP contribution in [-0.2, 0) is 10.9 Å². The highest BCUT2D eigenvalue weighted by Gasteiger charge is 2.28. The van der Waals surface area contributed by atoms with E-state index < -0.39 is 5.54 Å². The zero-order chi connectivity index (χ0) is 15.3. The van der Waals surface area contributed by atoms with E-state index in [0.29, 0.717) is 5.56 Å². The van der Waals surface area contributed by atoms with Gasteiger partial charge in [0.2, 0.25) is 0 Å². The van der Waals surface area contributed by atoms with Crippen LogP contribution in [0, 0.1) is 0 Å². The average molecular weight is 348 g/mol. The third-order valence-electron chi connectivity index (χ3n) is 3.49. The van der Waals surface area contributed by atoms with Crippen LogP contribution in [-0.4, -0.2) is 17.6 Å². The van der Waals surface area contributed by atoms with Gasteiger partial charge in [-0.15, -0.1) is 0 Å². The first kappa shape index (κ1) is 15.7. The van der Waals surface area contributed by atoms with E-state index in [2.05, 4.69) is 21.2 Å². The molecule has 0 aliphatic rings. The van der Waals surface area contributed by atoms with Gasteiger partial charge in [-0.3, -0.25) is 4.79 Å². The van der Waals surface area contributed by atoms with Gasteiger partial charge in [-0.1, -0.05) is 58.4 Å². The minimum atomic E-state index is -0.799. The molecule has 0 aliphatic heterocycles. The molecule has 0 bridgehead atoms. The monoisotopic (exact) mass is 347 g/mol. The lowest BCUT2D eigenvalue weighted by Gasteiger charge is -2.29. The number of carbonyl (C=O) groups excluding carboxylic acids is 1. The predicted molar refractivity (Wildman–Crippen MR) is 87.4 cm³/mol. The largest absolute Gasteiger partial charge is 0.394 e. The number of rotatable bonds is 5. The third kappa shape index (κ3) is 3.71. The summed E-state index contributed by atoms with van der Waals surface area (Å²) in [5.74, 6) is -0.198. The number of aliphatic hydroxyl groups is 1. The summed E-state index contributed by atoms with van der Waals surface area (Å²) in [7, 11) is 0. The van der Waals surface area contributed by atoms with Gasteiger partial charge in [0.25, 0.3) is 5.91 Å². The lowest BCUT2D eigenvalue weighted by Crippen LogP contribution is -2.46. The van der Waals surface area contributed by atoms with Crippen molar-refractivity contribution in [2.75, 3.05) is 6.61 Å². The first-order valence-electron chi connectivity index (χ1n) is 6.73. The molecule has 3 nitrogen and oxygen atoms in total. The van der Waals surface area contributed by atoms with Crippen LogP contribution in [0.3, 0.4) is 0 Å². The zero-order valence-electron chi connectivity index (χ0n) is 11.8. The summed E-state index contributed by atoms with van der Waals surface area (Å²) in [4.78, 5) is 12.4. The Labute approximate surface area is 133 Å². The van der Waals surface area contributed by atoms with Gasteiger partial charge < -0.3 is 10.4 Å². The number of halogens is 1. The number of amides is 1. The van der Waals surface area contributed by atoms with E-state index in [1.807, 2.05) is 49.4 Å². The van der Waals surface area contributed by atoms with Crippen molar-refractivity contribution in [2.45, 2.75) is 17.8 Å². The Morgan fingerprint density at radius 1 is 1.14 bits per heavy atom. The van der Waals surface area contributed by atoms with Gasteiger partial charge in [-0.05, 0) is 30.2 Å². The summed E-state index contributed by atoms with van der Waals surface area (Å²) in [5, 5.41) is 13.4. The van der Waals surface area contributed by atoms with E-state index in [1.165, 1.54) is 0 Å². The second kappa shape index (κ2) is 6.87. The molecule has 110 valence electrons. The molecule has 4 heteroatoms. The van der Waals surface area contributed by atoms with Crippen molar-refractivity contribution < 1.29 is 9.90 Å². The topological polar surface area (TPSA) is 49.3 Å². The van der Waals surface area contributed by atoms with Crippen molar-refractivity contribution in [2.24, 2.45) is 0 Å². The lowest BCUT2D eigenvalue weighted by molar-refractivity contribution is 0.0849. The van der Waals surface area contributed by atoms with Gasteiger partial charge in [0.15, 0.2) is 0 Å². The molecule has 1 amide bonds. The number of nitrogens with one attached hydrogen (secondary N) is 1. The molecule has 0 radical (unpaired) electrons.